The van der Waals surface area contributed by atoms with E-state index in [0.29, 0.717) is 6.42 Å². The van der Waals surface area contributed by atoms with Crippen LogP contribution in [0.15, 0.2) is 0 Å². The normalized spacial score (nSPS) is 14.6. The number of hydrogen-bond acceptors (Lipinski definition) is 3. The van der Waals surface area contributed by atoms with Gasteiger partial charge in [0.05, 0.1) is 0 Å². The molecule has 16 heavy (non-hydrogen) atoms. The summed E-state index contributed by atoms with van der Waals surface area (Å²) in [5.41, 5.74) is -0.945. The summed E-state index contributed by atoms with van der Waals surface area (Å²) in [6, 6.07) is -0.162. The highest BCUT2D eigenvalue weighted by Gasteiger charge is 2.36. The van der Waals surface area contributed by atoms with E-state index in [1.807, 2.05) is 6.92 Å². The van der Waals surface area contributed by atoms with E-state index in [2.05, 4.69) is 0 Å². The van der Waals surface area contributed by atoms with Crippen LogP contribution in [0.1, 0.15) is 34.1 Å². The van der Waals surface area contributed by atoms with Gasteiger partial charge in [0.15, 0.2) is 0 Å². The van der Waals surface area contributed by atoms with E-state index < -0.39 is 11.6 Å². The molecule has 5 nitrogen and oxygen atoms in total. The van der Waals surface area contributed by atoms with Crippen LogP contribution in [0.25, 0.3) is 0 Å². The number of methoxy groups -OCH3 is 1. The van der Waals surface area contributed by atoms with Crippen molar-refractivity contribution in [3.05, 3.63) is 0 Å². The Labute approximate surface area is 96.4 Å². The molecule has 0 aliphatic rings. The van der Waals surface area contributed by atoms with E-state index in [1.54, 1.807) is 20.8 Å². The van der Waals surface area contributed by atoms with E-state index in [0.717, 1.165) is 0 Å². The van der Waals surface area contributed by atoms with Crippen molar-refractivity contribution in [1.82, 2.24) is 4.90 Å². The van der Waals surface area contributed by atoms with Crippen LogP contribution >= 0.6 is 0 Å². The van der Waals surface area contributed by atoms with E-state index >= 15 is 0 Å². The summed E-state index contributed by atoms with van der Waals surface area (Å²) in [6.07, 6.45) is 0.505. The molecule has 0 aromatic heterocycles. The van der Waals surface area contributed by atoms with Crippen LogP contribution in [0.2, 0.25) is 0 Å². The third-order valence-electron chi connectivity index (χ3n) is 2.77. The molecule has 1 amide bonds. The minimum Gasteiger partial charge on any atom is -0.480 e. The smallest absolute Gasteiger partial charge is 0.323 e. The van der Waals surface area contributed by atoms with Crippen LogP contribution in [0.3, 0.4) is 0 Å². The molecule has 0 aromatic carbocycles. The molecule has 0 fully saturated rings. The Kier molecular flexibility index (Phi) is 5.44. The number of carbonyl (C=O) groups excluding carboxylic acids is 1. The van der Waals surface area contributed by atoms with Gasteiger partial charge in [-0.05, 0) is 27.2 Å². The van der Waals surface area contributed by atoms with Crippen LogP contribution in [-0.4, -0.2) is 47.2 Å². The highest BCUT2D eigenvalue weighted by molar-refractivity contribution is 5.87. The lowest BCUT2D eigenvalue weighted by molar-refractivity contribution is -0.159. The monoisotopic (exact) mass is 231 g/mol. The minimum atomic E-state index is -1.02. The highest BCUT2D eigenvalue weighted by atomic mass is 16.5. The Morgan fingerprint density at radius 3 is 2.19 bits per heavy atom. The molecule has 0 bridgehead atoms. The largest absolute Gasteiger partial charge is 0.480 e. The minimum absolute atomic E-state index is 0.162. The average Bonchev–Trinajstić information content (AvgIpc) is 2.23. The van der Waals surface area contributed by atoms with Crippen molar-refractivity contribution in [3.8, 4) is 0 Å². The summed E-state index contributed by atoms with van der Waals surface area (Å²) in [6.45, 7) is 6.78. The second-order valence-electron chi connectivity index (χ2n) is 4.21. The summed E-state index contributed by atoms with van der Waals surface area (Å²) in [5, 5.41) is 8.76. The van der Waals surface area contributed by atoms with Crippen LogP contribution in [0.4, 0.5) is 0 Å². The van der Waals surface area contributed by atoms with E-state index in [1.165, 1.54) is 12.0 Å². The molecule has 0 saturated heterocycles. The number of rotatable bonds is 6. The Morgan fingerprint density at radius 2 is 1.94 bits per heavy atom. The van der Waals surface area contributed by atoms with Crippen molar-refractivity contribution >= 4 is 11.9 Å². The maximum Gasteiger partial charge on any atom is 0.323 e. The van der Waals surface area contributed by atoms with Gasteiger partial charge < -0.3 is 14.7 Å². The van der Waals surface area contributed by atoms with Crippen LogP contribution in [0.5, 0.6) is 0 Å². The predicted octanol–water partition coefficient (Wildman–Crippen LogP) is 1.12. The zero-order valence-corrected chi connectivity index (χ0v) is 10.6. The van der Waals surface area contributed by atoms with Crippen molar-refractivity contribution in [3.63, 3.8) is 0 Å². The lowest BCUT2D eigenvalue weighted by Gasteiger charge is -2.34. The zero-order valence-electron chi connectivity index (χ0n) is 10.6. The Morgan fingerprint density at radius 1 is 1.44 bits per heavy atom. The number of carbonyl (C=O) groups is 2. The fourth-order valence-corrected chi connectivity index (χ4v) is 1.32. The van der Waals surface area contributed by atoms with Gasteiger partial charge in [-0.15, -0.1) is 0 Å². The number of amides is 1. The molecule has 1 atom stereocenters. The summed E-state index contributed by atoms with van der Waals surface area (Å²) < 4.78 is 5.18. The van der Waals surface area contributed by atoms with Crippen molar-refractivity contribution in [1.29, 1.82) is 0 Å². The molecule has 0 aromatic rings. The molecule has 1 N–H and O–H groups in total. The number of ether oxygens (including phenoxy) is 1. The SMILES string of the molecule is CCC(C)(OC)C(=O)N(CC(=O)O)C(C)C. The first-order chi connectivity index (χ1) is 7.28. The van der Waals surface area contributed by atoms with Gasteiger partial charge in [-0.3, -0.25) is 9.59 Å². The van der Waals surface area contributed by atoms with Gasteiger partial charge >= 0.3 is 5.97 Å². The number of hydrogen-bond donors (Lipinski definition) is 1. The Hall–Kier alpha value is -1.10. The summed E-state index contributed by atoms with van der Waals surface area (Å²) in [7, 11) is 1.46. The summed E-state index contributed by atoms with van der Waals surface area (Å²) in [5.74, 6) is -1.30. The number of aliphatic carboxylic acids is 1. The first kappa shape index (κ1) is 14.9. The van der Waals surface area contributed by atoms with Gasteiger partial charge in [0, 0.05) is 13.2 Å². The summed E-state index contributed by atoms with van der Waals surface area (Å²) >= 11 is 0. The fraction of sp³-hybridized carbons (Fsp3) is 0.818. The van der Waals surface area contributed by atoms with E-state index in [9.17, 15) is 9.59 Å². The molecule has 5 heteroatoms. The highest BCUT2D eigenvalue weighted by Crippen LogP contribution is 2.19. The van der Waals surface area contributed by atoms with Crippen molar-refractivity contribution in [2.24, 2.45) is 0 Å². The number of nitrogens with zero attached hydrogens (tertiary/aromatic N) is 1. The van der Waals surface area contributed by atoms with Crippen molar-refractivity contribution < 1.29 is 19.4 Å². The lowest BCUT2D eigenvalue weighted by Crippen LogP contribution is -2.52. The fourth-order valence-electron chi connectivity index (χ4n) is 1.32. The molecule has 0 radical (unpaired) electrons. The van der Waals surface area contributed by atoms with Gasteiger partial charge in [0.2, 0.25) is 0 Å². The van der Waals surface area contributed by atoms with E-state index in [4.69, 9.17) is 9.84 Å². The maximum atomic E-state index is 12.1. The molecule has 0 spiro atoms. The van der Waals surface area contributed by atoms with Gasteiger partial charge in [0.25, 0.3) is 5.91 Å². The van der Waals surface area contributed by atoms with Gasteiger partial charge in [-0.2, -0.15) is 0 Å². The maximum absolute atomic E-state index is 12.1. The lowest BCUT2D eigenvalue weighted by atomic mass is 10.0. The topological polar surface area (TPSA) is 66.8 Å². The molecule has 0 rings (SSSR count). The molecule has 1 unspecified atom stereocenters. The molecular formula is C11H21NO4. The molecule has 94 valence electrons. The molecule has 0 aliphatic heterocycles. The molecular weight excluding hydrogens is 210 g/mol. The third-order valence-corrected chi connectivity index (χ3v) is 2.77. The van der Waals surface area contributed by atoms with Crippen LogP contribution in [0, 0.1) is 0 Å². The number of carboxylic acids is 1. The van der Waals surface area contributed by atoms with Crippen molar-refractivity contribution in [2.75, 3.05) is 13.7 Å². The second kappa shape index (κ2) is 5.84. The van der Waals surface area contributed by atoms with E-state index in [-0.39, 0.29) is 18.5 Å². The first-order valence-electron chi connectivity index (χ1n) is 5.36. The van der Waals surface area contributed by atoms with Crippen LogP contribution in [-0.2, 0) is 14.3 Å². The molecule has 0 saturated carbocycles. The predicted molar refractivity (Wildman–Crippen MR) is 60.2 cm³/mol. The van der Waals surface area contributed by atoms with Gasteiger partial charge in [0.1, 0.15) is 12.1 Å². The quantitative estimate of drug-likeness (QED) is 0.744. The van der Waals surface area contributed by atoms with Crippen molar-refractivity contribution in [2.45, 2.75) is 45.8 Å². The van der Waals surface area contributed by atoms with Gasteiger partial charge in [-0.25, -0.2) is 0 Å². The second-order valence-corrected chi connectivity index (χ2v) is 4.21. The zero-order chi connectivity index (χ0) is 12.9. The third kappa shape index (κ3) is 3.48. The first-order valence-corrected chi connectivity index (χ1v) is 5.36. The molecule has 0 heterocycles. The summed E-state index contributed by atoms with van der Waals surface area (Å²) in [4.78, 5) is 24.1. The Bertz CT molecular complexity index is 259. The van der Waals surface area contributed by atoms with Gasteiger partial charge in [-0.1, -0.05) is 6.92 Å². The number of carboxylic acid groups (broad SMARTS) is 1. The molecule has 0 aliphatic carbocycles. The standard InChI is InChI=1S/C11H21NO4/c1-6-11(4,16-5)10(15)12(8(2)3)7-9(13)14/h8H,6-7H2,1-5H3,(H,13,14). The Balaban J connectivity index is 4.93. The average molecular weight is 231 g/mol. The van der Waals surface area contributed by atoms with Crippen LogP contribution < -0.4 is 0 Å².